The molecule has 2 aliphatic rings. The van der Waals surface area contributed by atoms with Crippen LogP contribution in [0.3, 0.4) is 0 Å². The molecule has 1 aliphatic carbocycles. The number of hydrogen-bond donors (Lipinski definition) is 1. The van der Waals surface area contributed by atoms with Gasteiger partial charge >= 0.3 is 0 Å². The fraction of sp³-hybridized carbons (Fsp3) is 0.571. The summed E-state index contributed by atoms with van der Waals surface area (Å²) in [6, 6.07) is 2.47. The Labute approximate surface area is 112 Å². The smallest absolute Gasteiger partial charge is 0.154 e. The number of piperidine rings is 1. The van der Waals surface area contributed by atoms with E-state index >= 15 is 0 Å². The lowest BCUT2D eigenvalue weighted by Crippen LogP contribution is -2.43. The first-order chi connectivity index (χ1) is 9.31. The maximum absolute atomic E-state index is 6.08. The number of anilines is 1. The molecule has 19 heavy (non-hydrogen) atoms. The normalized spacial score (nSPS) is 24.1. The lowest BCUT2D eigenvalue weighted by atomic mass is 10.1. The van der Waals surface area contributed by atoms with Crippen molar-refractivity contribution in [3.63, 3.8) is 0 Å². The third-order valence-corrected chi connectivity index (χ3v) is 4.14. The van der Waals surface area contributed by atoms with Crippen molar-refractivity contribution in [3.05, 3.63) is 24.2 Å². The topological polar surface area (TPSA) is 59.5 Å². The van der Waals surface area contributed by atoms with Crippen LogP contribution in [-0.4, -0.2) is 33.7 Å². The monoisotopic (exact) mass is 257 g/mol. The molecule has 2 aromatic rings. The van der Waals surface area contributed by atoms with E-state index in [4.69, 9.17) is 5.73 Å². The summed E-state index contributed by atoms with van der Waals surface area (Å²) in [6.07, 6.45) is 8.60. The van der Waals surface area contributed by atoms with E-state index in [1.54, 1.807) is 0 Å². The third-order valence-electron chi connectivity index (χ3n) is 4.14. The maximum atomic E-state index is 6.08. The van der Waals surface area contributed by atoms with Gasteiger partial charge in [-0.2, -0.15) is 5.10 Å². The van der Waals surface area contributed by atoms with Gasteiger partial charge in [0.1, 0.15) is 5.52 Å². The van der Waals surface area contributed by atoms with Crippen molar-refractivity contribution >= 4 is 11.3 Å². The molecule has 1 saturated carbocycles. The Morgan fingerprint density at radius 3 is 2.95 bits per heavy atom. The minimum atomic E-state index is 0.265. The lowest BCUT2D eigenvalue weighted by Gasteiger charge is -2.31. The van der Waals surface area contributed by atoms with Crippen molar-refractivity contribution in [2.75, 3.05) is 18.0 Å². The van der Waals surface area contributed by atoms with Crippen molar-refractivity contribution in [1.82, 2.24) is 14.6 Å². The molecule has 2 fully saturated rings. The van der Waals surface area contributed by atoms with Gasteiger partial charge in [-0.15, -0.1) is 0 Å². The highest BCUT2D eigenvalue weighted by Gasteiger charge is 2.27. The van der Waals surface area contributed by atoms with E-state index in [1.165, 1.54) is 18.5 Å². The van der Waals surface area contributed by atoms with Gasteiger partial charge in [0.05, 0.1) is 5.69 Å². The first-order valence-corrected chi connectivity index (χ1v) is 7.16. The Balaban J connectivity index is 1.75. The van der Waals surface area contributed by atoms with Crippen LogP contribution in [0.4, 0.5) is 5.82 Å². The predicted molar refractivity (Wildman–Crippen MR) is 74.4 cm³/mol. The molecular formula is C14H19N5. The Kier molecular flexibility index (Phi) is 2.48. The molecule has 0 spiro atoms. The van der Waals surface area contributed by atoms with Crippen LogP contribution < -0.4 is 10.6 Å². The van der Waals surface area contributed by atoms with Gasteiger partial charge in [-0.1, -0.05) is 0 Å². The molecule has 0 amide bonds. The molecule has 3 heterocycles. The zero-order valence-electron chi connectivity index (χ0n) is 11.0. The van der Waals surface area contributed by atoms with E-state index < -0.39 is 0 Å². The molecule has 5 nitrogen and oxygen atoms in total. The number of aromatic nitrogens is 3. The van der Waals surface area contributed by atoms with Crippen molar-refractivity contribution < 1.29 is 0 Å². The van der Waals surface area contributed by atoms with Gasteiger partial charge in [0, 0.05) is 37.4 Å². The minimum Gasteiger partial charge on any atom is -0.353 e. The Hall–Kier alpha value is -1.62. The van der Waals surface area contributed by atoms with Crippen LogP contribution in [0.15, 0.2) is 18.5 Å². The third kappa shape index (κ3) is 1.98. The van der Waals surface area contributed by atoms with Crippen molar-refractivity contribution in [2.24, 2.45) is 5.73 Å². The number of nitrogens with zero attached hydrogens (tertiary/aromatic N) is 4. The molecule has 5 heteroatoms. The molecule has 1 aliphatic heterocycles. The molecule has 2 aromatic heterocycles. The summed E-state index contributed by atoms with van der Waals surface area (Å²) in [7, 11) is 0. The van der Waals surface area contributed by atoms with E-state index in [0.717, 1.165) is 37.3 Å². The molecule has 2 N–H and O–H groups in total. The summed E-state index contributed by atoms with van der Waals surface area (Å²) >= 11 is 0. The highest BCUT2D eigenvalue weighted by molar-refractivity contribution is 5.69. The minimum absolute atomic E-state index is 0.265. The van der Waals surface area contributed by atoms with E-state index in [1.807, 2.05) is 16.9 Å². The average molecular weight is 257 g/mol. The molecule has 0 aromatic carbocycles. The van der Waals surface area contributed by atoms with E-state index in [-0.39, 0.29) is 6.04 Å². The summed E-state index contributed by atoms with van der Waals surface area (Å²) in [5.74, 6) is 1.72. The van der Waals surface area contributed by atoms with Gasteiger partial charge in [-0.05, 0) is 31.7 Å². The van der Waals surface area contributed by atoms with Crippen LogP contribution in [0.1, 0.15) is 37.3 Å². The Morgan fingerprint density at radius 1 is 1.26 bits per heavy atom. The van der Waals surface area contributed by atoms with Gasteiger partial charge in [0.15, 0.2) is 5.82 Å². The summed E-state index contributed by atoms with van der Waals surface area (Å²) in [6.45, 7) is 1.95. The summed E-state index contributed by atoms with van der Waals surface area (Å²) in [5, 5.41) is 4.67. The predicted octanol–water partition coefficient (Wildman–Crippen LogP) is 1.53. The largest absolute Gasteiger partial charge is 0.353 e. The number of nitrogens with two attached hydrogens (primary N) is 1. The van der Waals surface area contributed by atoms with Gasteiger partial charge < -0.3 is 10.6 Å². The lowest BCUT2D eigenvalue weighted by molar-refractivity contribution is 0.503. The Morgan fingerprint density at radius 2 is 2.16 bits per heavy atom. The quantitative estimate of drug-likeness (QED) is 0.886. The number of hydrogen-bond acceptors (Lipinski definition) is 4. The molecule has 4 rings (SSSR count). The summed E-state index contributed by atoms with van der Waals surface area (Å²) in [4.78, 5) is 6.88. The molecule has 0 unspecified atom stereocenters. The van der Waals surface area contributed by atoms with Crippen LogP contribution in [0.25, 0.3) is 5.52 Å². The van der Waals surface area contributed by atoms with Crippen LogP contribution in [0, 0.1) is 0 Å². The second-order valence-corrected chi connectivity index (χ2v) is 5.77. The summed E-state index contributed by atoms with van der Waals surface area (Å²) in [5.41, 5.74) is 8.42. The molecule has 1 saturated heterocycles. The average Bonchev–Trinajstić information content (AvgIpc) is 3.17. The maximum Gasteiger partial charge on any atom is 0.154 e. The second kappa shape index (κ2) is 4.20. The molecule has 0 bridgehead atoms. The van der Waals surface area contributed by atoms with Gasteiger partial charge in [-0.25, -0.2) is 9.50 Å². The van der Waals surface area contributed by atoms with Gasteiger partial charge in [0.2, 0.25) is 0 Å². The Bertz CT molecular complexity index is 601. The molecular weight excluding hydrogens is 238 g/mol. The zero-order chi connectivity index (χ0) is 12.8. The highest BCUT2D eigenvalue weighted by Crippen LogP contribution is 2.40. The number of rotatable bonds is 2. The van der Waals surface area contributed by atoms with E-state index in [0.29, 0.717) is 5.92 Å². The van der Waals surface area contributed by atoms with Crippen LogP contribution in [0.5, 0.6) is 0 Å². The zero-order valence-corrected chi connectivity index (χ0v) is 11.0. The number of fused-ring (bicyclic) bond motifs is 1. The summed E-state index contributed by atoms with van der Waals surface area (Å²) < 4.78 is 1.97. The van der Waals surface area contributed by atoms with Crippen molar-refractivity contribution in [3.8, 4) is 0 Å². The first-order valence-electron chi connectivity index (χ1n) is 7.16. The highest BCUT2D eigenvalue weighted by atomic mass is 15.3. The molecule has 0 radical (unpaired) electrons. The standard InChI is InChI=1S/C14H19N5/c15-11-2-1-6-18(9-11)14-13-8-12(10-3-4-10)17-19(13)7-5-16-14/h5,7-8,10-11H,1-4,6,9,15H2/t11-/m0/s1. The van der Waals surface area contributed by atoms with Crippen LogP contribution >= 0.6 is 0 Å². The van der Waals surface area contributed by atoms with Crippen LogP contribution in [-0.2, 0) is 0 Å². The fourth-order valence-corrected chi connectivity index (χ4v) is 2.95. The van der Waals surface area contributed by atoms with Crippen LogP contribution in [0.2, 0.25) is 0 Å². The van der Waals surface area contributed by atoms with E-state index in [2.05, 4.69) is 21.0 Å². The first kappa shape index (κ1) is 11.2. The molecule has 100 valence electrons. The van der Waals surface area contributed by atoms with E-state index in [9.17, 15) is 0 Å². The van der Waals surface area contributed by atoms with Crippen molar-refractivity contribution in [1.29, 1.82) is 0 Å². The molecule has 1 atom stereocenters. The van der Waals surface area contributed by atoms with Crippen molar-refractivity contribution in [2.45, 2.75) is 37.6 Å². The fourth-order valence-electron chi connectivity index (χ4n) is 2.95. The van der Waals surface area contributed by atoms with Gasteiger partial charge in [-0.3, -0.25) is 0 Å². The second-order valence-electron chi connectivity index (χ2n) is 5.77. The SMILES string of the molecule is N[C@H]1CCCN(c2nccn3nc(C4CC4)cc23)C1. The van der Waals surface area contributed by atoms with Gasteiger partial charge in [0.25, 0.3) is 0 Å².